The third-order valence-electron chi connectivity index (χ3n) is 5.47. The van der Waals surface area contributed by atoms with Gasteiger partial charge in [-0.25, -0.2) is 4.99 Å². The Morgan fingerprint density at radius 2 is 0.788 bits per heavy atom. The number of rotatable bonds is 6. The van der Waals surface area contributed by atoms with Crippen molar-refractivity contribution < 1.29 is 0 Å². The Bertz CT molecular complexity index is 1270. The van der Waals surface area contributed by atoms with Crippen molar-refractivity contribution in [2.45, 2.75) is 0 Å². The van der Waals surface area contributed by atoms with Gasteiger partial charge in [-0.2, -0.15) is 0 Å². The largest absolute Gasteiger partial charge is 0.311 e. The lowest BCUT2D eigenvalue weighted by molar-refractivity contribution is 1.28. The molecule has 0 unspecified atom stereocenters. The molecule has 0 heterocycles. The van der Waals surface area contributed by atoms with E-state index in [0.717, 1.165) is 39.6 Å². The molecule has 0 N–H and O–H groups in total. The van der Waals surface area contributed by atoms with E-state index in [-0.39, 0.29) is 0 Å². The quantitative estimate of drug-likeness (QED) is 0.250. The maximum Gasteiger partial charge on any atom is 0.0781 e. The number of nitrogens with zero attached hydrogens (tertiary/aromatic N) is 2. The van der Waals surface area contributed by atoms with Crippen LogP contribution in [0.15, 0.2) is 151 Å². The van der Waals surface area contributed by atoms with Gasteiger partial charge in [-0.3, -0.25) is 0 Å². The first kappa shape index (κ1) is 20.5. The summed E-state index contributed by atoms with van der Waals surface area (Å²) in [7, 11) is 0. The molecule has 2 nitrogen and oxygen atoms in total. The third kappa shape index (κ3) is 4.76. The van der Waals surface area contributed by atoms with Crippen molar-refractivity contribution in [3.63, 3.8) is 0 Å². The fraction of sp³-hybridized carbons (Fsp3) is 0. The second-order valence-electron chi connectivity index (χ2n) is 7.72. The van der Waals surface area contributed by atoms with Crippen LogP contribution in [0.5, 0.6) is 0 Å². The molecule has 0 saturated carbocycles. The maximum atomic E-state index is 4.99. The molecule has 0 bridgehead atoms. The van der Waals surface area contributed by atoms with Crippen LogP contribution >= 0.6 is 0 Å². The molecular weight excluding hydrogens is 400 g/mol. The first-order valence-corrected chi connectivity index (χ1v) is 11.1. The van der Waals surface area contributed by atoms with Crippen LogP contribution in [-0.2, 0) is 0 Å². The summed E-state index contributed by atoms with van der Waals surface area (Å²) in [5, 5.41) is 0. The molecule has 0 radical (unpaired) electrons. The summed E-state index contributed by atoms with van der Waals surface area (Å²) in [5.74, 6) is 0. The van der Waals surface area contributed by atoms with Crippen molar-refractivity contribution in [1.29, 1.82) is 0 Å². The summed E-state index contributed by atoms with van der Waals surface area (Å²) in [6, 6.07) is 50.0. The molecule has 0 aliphatic carbocycles. The number of hydrogen-bond acceptors (Lipinski definition) is 2. The average molecular weight is 425 g/mol. The summed E-state index contributed by atoms with van der Waals surface area (Å²) in [4.78, 5) is 7.26. The average Bonchev–Trinajstić information content (AvgIpc) is 2.90. The molecule has 5 rings (SSSR count). The number of aliphatic imine (C=N–C) groups is 1. The van der Waals surface area contributed by atoms with Crippen LogP contribution in [-0.4, -0.2) is 5.71 Å². The Balaban J connectivity index is 1.57. The normalized spacial score (nSPS) is 11.2. The minimum Gasteiger partial charge on any atom is -0.311 e. The summed E-state index contributed by atoms with van der Waals surface area (Å²) in [5.41, 5.74) is 7.42. The van der Waals surface area contributed by atoms with Crippen LogP contribution < -0.4 is 4.90 Å². The Hall–Kier alpha value is -4.43. The van der Waals surface area contributed by atoms with E-state index >= 15 is 0 Å². The van der Waals surface area contributed by atoms with Crippen molar-refractivity contribution in [3.8, 4) is 0 Å². The van der Waals surface area contributed by atoms with Gasteiger partial charge in [0.2, 0.25) is 0 Å². The van der Waals surface area contributed by atoms with E-state index < -0.39 is 0 Å². The summed E-state index contributed by atoms with van der Waals surface area (Å²) >= 11 is 0. The molecule has 158 valence electrons. The van der Waals surface area contributed by atoms with Crippen LogP contribution in [0.25, 0.3) is 0 Å². The molecule has 5 aromatic carbocycles. The molecule has 5 aromatic rings. The molecule has 0 aliphatic heterocycles. The maximum absolute atomic E-state index is 4.99. The standard InChI is InChI=1S/C31H24N2/c1-5-13-25(14-6-1)31(32-27-15-7-2-8-16-27)26-21-23-30(24-22-26)33(28-17-9-3-10-18-28)29-19-11-4-12-20-29/h1-24H/b32-31+. The van der Waals surface area contributed by atoms with Gasteiger partial charge in [0.05, 0.1) is 11.4 Å². The minimum atomic E-state index is 0.940. The van der Waals surface area contributed by atoms with E-state index in [0.29, 0.717) is 0 Å². The lowest BCUT2D eigenvalue weighted by Crippen LogP contribution is -2.10. The fourth-order valence-electron chi connectivity index (χ4n) is 3.89. The van der Waals surface area contributed by atoms with Gasteiger partial charge in [-0.05, 0) is 48.5 Å². The summed E-state index contributed by atoms with van der Waals surface area (Å²) in [6.07, 6.45) is 0. The molecule has 0 amide bonds. The Kier molecular flexibility index (Phi) is 6.08. The van der Waals surface area contributed by atoms with Gasteiger partial charge in [-0.15, -0.1) is 0 Å². The van der Waals surface area contributed by atoms with E-state index in [1.54, 1.807) is 0 Å². The number of anilines is 3. The van der Waals surface area contributed by atoms with Gasteiger partial charge in [0.1, 0.15) is 0 Å². The number of para-hydroxylation sites is 3. The van der Waals surface area contributed by atoms with Gasteiger partial charge in [0.15, 0.2) is 0 Å². The lowest BCUT2D eigenvalue weighted by atomic mass is 10.0. The Morgan fingerprint density at radius 3 is 1.30 bits per heavy atom. The molecule has 0 aromatic heterocycles. The van der Waals surface area contributed by atoms with Crippen molar-refractivity contribution in [1.82, 2.24) is 0 Å². The van der Waals surface area contributed by atoms with E-state index in [1.165, 1.54) is 0 Å². The highest BCUT2D eigenvalue weighted by Crippen LogP contribution is 2.34. The van der Waals surface area contributed by atoms with Crippen LogP contribution in [0.2, 0.25) is 0 Å². The molecule has 2 heteroatoms. The van der Waals surface area contributed by atoms with E-state index in [4.69, 9.17) is 4.99 Å². The van der Waals surface area contributed by atoms with Gasteiger partial charge >= 0.3 is 0 Å². The Morgan fingerprint density at radius 1 is 0.394 bits per heavy atom. The predicted molar refractivity (Wildman–Crippen MR) is 139 cm³/mol. The van der Waals surface area contributed by atoms with Crippen molar-refractivity contribution in [2.24, 2.45) is 4.99 Å². The fourth-order valence-corrected chi connectivity index (χ4v) is 3.89. The zero-order valence-corrected chi connectivity index (χ0v) is 18.3. The smallest absolute Gasteiger partial charge is 0.0781 e. The van der Waals surface area contributed by atoms with Crippen molar-refractivity contribution in [3.05, 3.63) is 157 Å². The second-order valence-corrected chi connectivity index (χ2v) is 7.72. The van der Waals surface area contributed by atoms with Crippen LogP contribution in [0.3, 0.4) is 0 Å². The first-order chi connectivity index (χ1) is 16.4. The highest BCUT2D eigenvalue weighted by Gasteiger charge is 2.13. The molecular formula is C31H24N2. The molecule has 33 heavy (non-hydrogen) atoms. The topological polar surface area (TPSA) is 15.6 Å². The zero-order chi connectivity index (χ0) is 22.3. The zero-order valence-electron chi connectivity index (χ0n) is 18.3. The van der Waals surface area contributed by atoms with Gasteiger partial charge in [0, 0.05) is 28.2 Å². The number of hydrogen-bond donors (Lipinski definition) is 0. The first-order valence-electron chi connectivity index (χ1n) is 11.1. The predicted octanol–water partition coefficient (Wildman–Crippen LogP) is 8.33. The number of benzene rings is 5. The molecule has 0 spiro atoms. The summed E-state index contributed by atoms with van der Waals surface area (Å²) in [6.45, 7) is 0. The van der Waals surface area contributed by atoms with E-state index in [2.05, 4.69) is 102 Å². The van der Waals surface area contributed by atoms with Crippen molar-refractivity contribution >= 4 is 28.5 Å². The third-order valence-corrected chi connectivity index (χ3v) is 5.47. The molecule has 0 fully saturated rings. The van der Waals surface area contributed by atoms with Crippen molar-refractivity contribution in [2.75, 3.05) is 4.90 Å². The van der Waals surface area contributed by atoms with E-state index in [1.807, 2.05) is 48.5 Å². The summed E-state index contributed by atoms with van der Waals surface area (Å²) < 4.78 is 0. The molecule has 0 saturated heterocycles. The SMILES string of the molecule is c1ccc(/N=C(\c2ccccc2)c2ccc(N(c3ccccc3)c3ccccc3)cc2)cc1. The van der Waals surface area contributed by atoms with Gasteiger partial charge in [0.25, 0.3) is 0 Å². The Labute approximate surface area is 195 Å². The van der Waals surface area contributed by atoms with Gasteiger partial charge < -0.3 is 4.90 Å². The second kappa shape index (κ2) is 9.80. The van der Waals surface area contributed by atoms with Gasteiger partial charge in [-0.1, -0.05) is 97.1 Å². The molecule has 0 atom stereocenters. The highest BCUT2D eigenvalue weighted by molar-refractivity contribution is 6.14. The van der Waals surface area contributed by atoms with Crippen LogP contribution in [0.4, 0.5) is 22.7 Å². The lowest BCUT2D eigenvalue weighted by Gasteiger charge is -2.25. The van der Waals surface area contributed by atoms with Crippen LogP contribution in [0.1, 0.15) is 11.1 Å². The molecule has 0 aliphatic rings. The minimum absolute atomic E-state index is 0.940. The highest BCUT2D eigenvalue weighted by atomic mass is 15.1. The van der Waals surface area contributed by atoms with E-state index in [9.17, 15) is 0 Å². The van der Waals surface area contributed by atoms with Crippen LogP contribution in [0, 0.1) is 0 Å². The monoisotopic (exact) mass is 424 g/mol.